The number of hydrogen-bond acceptors (Lipinski definition) is 5. The number of nitrogens with zero attached hydrogens (tertiary/aromatic N) is 3. The molecule has 1 unspecified atom stereocenters. The normalized spacial score (nSPS) is 15.0. The number of rotatable bonds is 7. The van der Waals surface area contributed by atoms with Crippen molar-refractivity contribution in [3.05, 3.63) is 118 Å². The summed E-state index contributed by atoms with van der Waals surface area (Å²) in [6.45, 7) is 6.00. The Morgan fingerprint density at radius 2 is 1.76 bits per heavy atom. The second kappa shape index (κ2) is 12.1. The standard InChI is InChI=1S/C36H31F3N4O2/c1-22(2)31-17-24(19-40)18-32-33(31)45-35(42-32)27-7-5-26(6-8-27)34(44)41-20-23-3-13-30(14-4-23)43-16-15-28(21-43)25-9-11-29(12-10-25)36(37,38)39/h3-14,17-18,22,28H,15-16,20-21H2,1-2H3,(H,41,44). The van der Waals surface area contributed by atoms with E-state index in [1.54, 1.807) is 42.5 Å². The number of alkyl halides is 3. The third-order valence-electron chi connectivity index (χ3n) is 8.32. The summed E-state index contributed by atoms with van der Waals surface area (Å²) in [5, 5.41) is 12.3. The van der Waals surface area contributed by atoms with E-state index in [0.717, 1.165) is 59.6 Å². The van der Waals surface area contributed by atoms with Crippen LogP contribution in [0.15, 0.2) is 89.3 Å². The van der Waals surface area contributed by atoms with Crippen LogP contribution in [-0.4, -0.2) is 24.0 Å². The molecular weight excluding hydrogens is 577 g/mol. The summed E-state index contributed by atoms with van der Waals surface area (Å²) in [4.78, 5) is 19.7. The van der Waals surface area contributed by atoms with E-state index in [-0.39, 0.29) is 17.7 Å². The first kappa shape index (κ1) is 29.9. The zero-order chi connectivity index (χ0) is 31.7. The topological polar surface area (TPSA) is 82.2 Å². The second-order valence-corrected chi connectivity index (χ2v) is 11.7. The van der Waals surface area contributed by atoms with Gasteiger partial charge in [0, 0.05) is 47.9 Å². The number of fused-ring (bicyclic) bond motifs is 1. The highest BCUT2D eigenvalue weighted by atomic mass is 19.4. The number of aromatic nitrogens is 1. The van der Waals surface area contributed by atoms with Crippen LogP contribution in [0.25, 0.3) is 22.6 Å². The van der Waals surface area contributed by atoms with Crippen molar-refractivity contribution in [3.8, 4) is 17.5 Å². The van der Waals surface area contributed by atoms with Crippen molar-refractivity contribution < 1.29 is 22.4 Å². The molecule has 0 bridgehead atoms. The minimum absolute atomic E-state index is 0.164. The van der Waals surface area contributed by atoms with Gasteiger partial charge in [-0.15, -0.1) is 0 Å². The SMILES string of the molecule is CC(C)c1cc(C#N)cc2nc(-c3ccc(C(=O)NCc4ccc(N5CCC(c6ccc(C(F)(F)F)cc6)C5)cc4)cc3)oc12. The first-order chi connectivity index (χ1) is 21.6. The molecule has 6 rings (SSSR count). The summed E-state index contributed by atoms with van der Waals surface area (Å²) in [6, 6.07) is 26.2. The van der Waals surface area contributed by atoms with Crippen molar-refractivity contribution in [3.63, 3.8) is 0 Å². The molecule has 1 amide bonds. The van der Waals surface area contributed by atoms with E-state index < -0.39 is 11.7 Å². The monoisotopic (exact) mass is 608 g/mol. The molecule has 5 aromatic rings. The molecule has 1 aromatic heterocycles. The number of carbonyl (C=O) groups is 1. The molecule has 9 heteroatoms. The molecule has 0 saturated carbocycles. The zero-order valence-electron chi connectivity index (χ0n) is 24.9. The molecule has 1 aliphatic heterocycles. The molecule has 0 spiro atoms. The van der Waals surface area contributed by atoms with Crippen LogP contribution in [0.4, 0.5) is 18.9 Å². The van der Waals surface area contributed by atoms with Gasteiger partial charge in [-0.25, -0.2) is 4.98 Å². The lowest BCUT2D eigenvalue weighted by atomic mass is 9.97. The number of amides is 1. The summed E-state index contributed by atoms with van der Waals surface area (Å²) in [7, 11) is 0. The van der Waals surface area contributed by atoms with Gasteiger partial charge in [0.05, 0.1) is 17.2 Å². The number of anilines is 1. The number of nitrogens with one attached hydrogen (secondary N) is 1. The summed E-state index contributed by atoms with van der Waals surface area (Å²) >= 11 is 0. The van der Waals surface area contributed by atoms with Crippen LogP contribution in [0.2, 0.25) is 0 Å². The lowest BCUT2D eigenvalue weighted by Gasteiger charge is -2.19. The molecule has 1 atom stereocenters. The Hall–Kier alpha value is -5.10. The third kappa shape index (κ3) is 6.41. The fraction of sp³-hybridized carbons (Fsp3) is 0.250. The van der Waals surface area contributed by atoms with Crippen LogP contribution in [0.3, 0.4) is 0 Å². The minimum atomic E-state index is -4.33. The van der Waals surface area contributed by atoms with E-state index in [1.165, 1.54) is 0 Å². The second-order valence-electron chi connectivity index (χ2n) is 11.7. The van der Waals surface area contributed by atoms with Crippen LogP contribution < -0.4 is 10.2 Å². The highest BCUT2D eigenvalue weighted by Crippen LogP contribution is 2.35. The average Bonchev–Trinajstić information content (AvgIpc) is 3.71. The van der Waals surface area contributed by atoms with Crippen LogP contribution in [0.5, 0.6) is 0 Å². The minimum Gasteiger partial charge on any atom is -0.436 e. The largest absolute Gasteiger partial charge is 0.436 e. The van der Waals surface area contributed by atoms with Crippen molar-refractivity contribution in [1.82, 2.24) is 10.3 Å². The molecule has 0 aliphatic carbocycles. The number of benzene rings is 4. The Bertz CT molecular complexity index is 1870. The molecule has 1 fully saturated rings. The van der Waals surface area contributed by atoms with E-state index in [1.807, 2.05) is 44.2 Å². The van der Waals surface area contributed by atoms with Crippen LogP contribution in [-0.2, 0) is 12.7 Å². The van der Waals surface area contributed by atoms with E-state index in [4.69, 9.17) is 4.42 Å². The molecule has 1 aliphatic rings. The fourth-order valence-corrected chi connectivity index (χ4v) is 5.76. The summed E-state index contributed by atoms with van der Waals surface area (Å²) in [6.07, 6.45) is -3.46. The van der Waals surface area contributed by atoms with Gasteiger partial charge in [0.15, 0.2) is 5.58 Å². The lowest BCUT2D eigenvalue weighted by molar-refractivity contribution is -0.137. The van der Waals surface area contributed by atoms with Crippen molar-refractivity contribution in [2.75, 3.05) is 18.0 Å². The number of nitriles is 1. The molecular formula is C36H31F3N4O2. The van der Waals surface area contributed by atoms with Crippen molar-refractivity contribution in [2.24, 2.45) is 0 Å². The summed E-state index contributed by atoms with van der Waals surface area (Å²) in [5.41, 5.74) is 6.27. The summed E-state index contributed by atoms with van der Waals surface area (Å²) in [5.74, 6) is 0.562. The van der Waals surface area contributed by atoms with Gasteiger partial charge in [-0.05, 0) is 84.1 Å². The maximum absolute atomic E-state index is 12.9. The zero-order valence-corrected chi connectivity index (χ0v) is 24.9. The first-order valence-electron chi connectivity index (χ1n) is 14.8. The van der Waals surface area contributed by atoms with E-state index in [2.05, 4.69) is 21.3 Å². The smallest absolute Gasteiger partial charge is 0.416 e. The first-order valence-corrected chi connectivity index (χ1v) is 14.8. The maximum atomic E-state index is 12.9. The van der Waals surface area contributed by atoms with E-state index in [9.17, 15) is 23.2 Å². The maximum Gasteiger partial charge on any atom is 0.416 e. The molecule has 2 heterocycles. The predicted molar refractivity (Wildman–Crippen MR) is 167 cm³/mol. The molecule has 45 heavy (non-hydrogen) atoms. The van der Waals surface area contributed by atoms with Gasteiger partial charge in [-0.3, -0.25) is 4.79 Å². The van der Waals surface area contributed by atoms with Gasteiger partial charge in [0.25, 0.3) is 5.91 Å². The Kier molecular flexibility index (Phi) is 8.07. The number of halogens is 3. The summed E-state index contributed by atoms with van der Waals surface area (Å²) < 4.78 is 44.8. The van der Waals surface area contributed by atoms with Gasteiger partial charge < -0.3 is 14.6 Å². The molecule has 1 N–H and O–H groups in total. The Labute approximate surface area is 259 Å². The number of carbonyl (C=O) groups excluding carboxylic acids is 1. The van der Waals surface area contributed by atoms with Gasteiger partial charge in [-0.2, -0.15) is 18.4 Å². The van der Waals surface area contributed by atoms with Crippen LogP contribution in [0.1, 0.15) is 70.3 Å². The van der Waals surface area contributed by atoms with Crippen molar-refractivity contribution >= 4 is 22.7 Å². The van der Waals surface area contributed by atoms with Gasteiger partial charge in [0.1, 0.15) is 5.52 Å². The highest BCUT2D eigenvalue weighted by molar-refractivity contribution is 5.94. The fourth-order valence-electron chi connectivity index (χ4n) is 5.76. The molecule has 228 valence electrons. The predicted octanol–water partition coefficient (Wildman–Crippen LogP) is 8.43. The third-order valence-corrected chi connectivity index (χ3v) is 8.32. The van der Waals surface area contributed by atoms with Gasteiger partial charge >= 0.3 is 6.18 Å². The van der Waals surface area contributed by atoms with Crippen LogP contribution in [0, 0.1) is 11.3 Å². The molecule has 4 aromatic carbocycles. The van der Waals surface area contributed by atoms with Crippen LogP contribution >= 0.6 is 0 Å². The van der Waals surface area contributed by atoms with Gasteiger partial charge in [-0.1, -0.05) is 38.1 Å². The number of oxazole rings is 1. The highest BCUT2D eigenvalue weighted by Gasteiger charge is 2.31. The molecule has 0 radical (unpaired) electrons. The lowest BCUT2D eigenvalue weighted by Crippen LogP contribution is -2.23. The van der Waals surface area contributed by atoms with E-state index in [0.29, 0.717) is 34.7 Å². The van der Waals surface area contributed by atoms with Crippen molar-refractivity contribution in [1.29, 1.82) is 5.26 Å². The van der Waals surface area contributed by atoms with Gasteiger partial charge in [0.2, 0.25) is 5.89 Å². The van der Waals surface area contributed by atoms with E-state index >= 15 is 0 Å². The molecule has 1 saturated heterocycles. The Balaban J connectivity index is 1.05. The quantitative estimate of drug-likeness (QED) is 0.201. The molecule has 6 nitrogen and oxygen atoms in total. The Morgan fingerprint density at radius 1 is 1.04 bits per heavy atom. The Morgan fingerprint density at radius 3 is 2.40 bits per heavy atom. The number of hydrogen-bond donors (Lipinski definition) is 1. The van der Waals surface area contributed by atoms with Crippen molar-refractivity contribution in [2.45, 2.75) is 44.8 Å². The average molecular weight is 609 g/mol.